The van der Waals surface area contributed by atoms with Gasteiger partial charge >= 0.3 is 0 Å². The van der Waals surface area contributed by atoms with Crippen LogP contribution in [0, 0.1) is 0 Å². The summed E-state index contributed by atoms with van der Waals surface area (Å²) in [7, 11) is 0. The summed E-state index contributed by atoms with van der Waals surface area (Å²) in [6.07, 6.45) is 2.06. The van der Waals surface area contributed by atoms with Gasteiger partial charge in [-0.05, 0) is 0 Å². The van der Waals surface area contributed by atoms with E-state index in [-0.39, 0.29) is 6.10 Å². The van der Waals surface area contributed by atoms with Gasteiger partial charge in [-0.15, -0.1) is 0 Å². The van der Waals surface area contributed by atoms with E-state index in [0.29, 0.717) is 6.79 Å². The molecule has 0 saturated carbocycles. The van der Waals surface area contributed by atoms with Crippen LogP contribution >= 0.6 is 0 Å². The van der Waals surface area contributed by atoms with Crippen molar-refractivity contribution in [3.8, 4) is 0 Å². The van der Waals surface area contributed by atoms with Gasteiger partial charge in [-0.25, -0.2) is 0 Å². The summed E-state index contributed by atoms with van der Waals surface area (Å²) < 4.78 is 10.2. The zero-order chi connectivity index (χ0) is 5.40. The molecule has 1 unspecified atom stereocenters. The van der Waals surface area contributed by atoms with Crippen molar-refractivity contribution in [2.24, 2.45) is 0 Å². The molecule has 8 heavy (non-hydrogen) atoms. The maximum atomic E-state index is 5.12. The third-order valence-corrected chi connectivity index (χ3v) is 1.36. The Balaban J connectivity index is 2.20. The Morgan fingerprint density at radius 2 is 2.75 bits per heavy atom. The largest absolute Gasteiger partial charge is 0.468 e. The van der Waals surface area contributed by atoms with Crippen molar-refractivity contribution in [3.05, 3.63) is 12.0 Å². The van der Waals surface area contributed by atoms with E-state index in [0.717, 1.165) is 12.3 Å². The van der Waals surface area contributed by atoms with Crippen LogP contribution < -0.4 is 5.32 Å². The fraction of sp³-hybridized carbons (Fsp3) is 0.600. The van der Waals surface area contributed by atoms with Gasteiger partial charge in [0.1, 0.15) is 11.9 Å². The molecular weight excluding hydrogens is 106 g/mol. The first-order valence-electron chi connectivity index (χ1n) is 2.65. The van der Waals surface area contributed by atoms with Crippen LogP contribution in [0.15, 0.2) is 12.0 Å². The second kappa shape index (κ2) is 1.39. The average molecular weight is 113 g/mol. The molecule has 2 aliphatic heterocycles. The summed E-state index contributed by atoms with van der Waals surface area (Å²) in [5, 5.41) is 3.01. The molecule has 2 heterocycles. The van der Waals surface area contributed by atoms with Crippen molar-refractivity contribution in [1.82, 2.24) is 5.32 Å². The molecule has 0 bridgehead atoms. The van der Waals surface area contributed by atoms with Crippen LogP contribution in [0.4, 0.5) is 0 Å². The fourth-order valence-electron chi connectivity index (χ4n) is 0.920. The Kier molecular flexibility index (Phi) is 0.729. The molecule has 0 spiro atoms. The predicted molar refractivity (Wildman–Crippen MR) is 26.9 cm³/mol. The number of fused-ring (bicyclic) bond motifs is 1. The lowest BCUT2D eigenvalue weighted by Gasteiger charge is -1.95. The van der Waals surface area contributed by atoms with Crippen LogP contribution in [0.25, 0.3) is 0 Å². The molecule has 1 saturated heterocycles. The molecule has 1 fully saturated rings. The highest BCUT2D eigenvalue weighted by Gasteiger charge is 2.26. The first kappa shape index (κ1) is 4.21. The summed E-state index contributed by atoms with van der Waals surface area (Å²) in [5.74, 6) is 0.949. The molecule has 0 aromatic heterocycles. The predicted octanol–water partition coefficient (Wildman–Crippen LogP) is -0.196. The van der Waals surface area contributed by atoms with Gasteiger partial charge < -0.3 is 14.8 Å². The zero-order valence-corrected chi connectivity index (χ0v) is 4.39. The van der Waals surface area contributed by atoms with Crippen molar-refractivity contribution >= 4 is 0 Å². The highest BCUT2D eigenvalue weighted by atomic mass is 16.7. The Morgan fingerprint density at radius 3 is 3.62 bits per heavy atom. The van der Waals surface area contributed by atoms with Crippen molar-refractivity contribution in [3.63, 3.8) is 0 Å². The van der Waals surface area contributed by atoms with E-state index in [1.807, 2.05) is 6.20 Å². The van der Waals surface area contributed by atoms with E-state index in [2.05, 4.69) is 5.32 Å². The number of nitrogens with one attached hydrogen (secondary N) is 1. The standard InChI is InChI=1S/C5H7NO2/c1-4-5(2-6-1)8-3-7-4/h1,5-6H,2-3H2. The Morgan fingerprint density at radius 1 is 1.75 bits per heavy atom. The minimum absolute atomic E-state index is 0.204. The number of ether oxygens (including phenoxy) is 2. The van der Waals surface area contributed by atoms with Crippen molar-refractivity contribution < 1.29 is 9.47 Å². The maximum absolute atomic E-state index is 5.12. The molecule has 44 valence electrons. The van der Waals surface area contributed by atoms with Crippen LogP contribution in [-0.2, 0) is 9.47 Å². The van der Waals surface area contributed by atoms with E-state index in [4.69, 9.17) is 9.47 Å². The van der Waals surface area contributed by atoms with Crippen LogP contribution in [0.2, 0.25) is 0 Å². The van der Waals surface area contributed by atoms with E-state index in [1.165, 1.54) is 0 Å². The van der Waals surface area contributed by atoms with E-state index in [1.54, 1.807) is 0 Å². The molecule has 2 rings (SSSR count). The highest BCUT2D eigenvalue weighted by Crippen LogP contribution is 2.18. The molecular formula is C5H7NO2. The number of rotatable bonds is 0. The molecule has 3 heteroatoms. The fourth-order valence-corrected chi connectivity index (χ4v) is 0.920. The van der Waals surface area contributed by atoms with Crippen LogP contribution in [0.5, 0.6) is 0 Å². The van der Waals surface area contributed by atoms with Gasteiger partial charge in [0.05, 0.1) is 0 Å². The van der Waals surface area contributed by atoms with E-state index in [9.17, 15) is 0 Å². The number of hydrogen-bond donors (Lipinski definition) is 1. The minimum atomic E-state index is 0.204. The van der Waals surface area contributed by atoms with Gasteiger partial charge in [-0.1, -0.05) is 0 Å². The van der Waals surface area contributed by atoms with Gasteiger partial charge in [0.2, 0.25) is 0 Å². The molecule has 3 nitrogen and oxygen atoms in total. The average Bonchev–Trinajstić information content (AvgIpc) is 2.15. The van der Waals surface area contributed by atoms with Gasteiger partial charge in [-0.2, -0.15) is 0 Å². The van der Waals surface area contributed by atoms with Crippen molar-refractivity contribution in [2.45, 2.75) is 6.10 Å². The minimum Gasteiger partial charge on any atom is -0.468 e. The summed E-state index contributed by atoms with van der Waals surface area (Å²) in [6, 6.07) is 0. The zero-order valence-electron chi connectivity index (χ0n) is 4.39. The van der Waals surface area contributed by atoms with Crippen molar-refractivity contribution in [1.29, 1.82) is 0 Å². The Bertz CT molecular complexity index is 132. The lowest BCUT2D eigenvalue weighted by atomic mass is 10.4. The lowest BCUT2D eigenvalue weighted by molar-refractivity contribution is 0.0490. The molecule has 0 aromatic rings. The third kappa shape index (κ3) is 0.419. The number of hydrogen-bond acceptors (Lipinski definition) is 3. The van der Waals surface area contributed by atoms with Crippen molar-refractivity contribution in [2.75, 3.05) is 13.3 Å². The quantitative estimate of drug-likeness (QED) is 0.472. The van der Waals surface area contributed by atoms with Gasteiger partial charge in [0.15, 0.2) is 6.79 Å². The van der Waals surface area contributed by atoms with E-state index < -0.39 is 0 Å². The maximum Gasteiger partial charge on any atom is 0.189 e. The van der Waals surface area contributed by atoms with Crippen LogP contribution in [0.3, 0.4) is 0 Å². The Hall–Kier alpha value is -0.700. The second-order valence-corrected chi connectivity index (χ2v) is 1.87. The van der Waals surface area contributed by atoms with E-state index >= 15 is 0 Å². The molecule has 0 amide bonds. The van der Waals surface area contributed by atoms with Crippen LogP contribution in [-0.4, -0.2) is 19.4 Å². The second-order valence-electron chi connectivity index (χ2n) is 1.87. The smallest absolute Gasteiger partial charge is 0.189 e. The first-order chi connectivity index (χ1) is 3.97. The molecule has 1 atom stereocenters. The molecule has 0 radical (unpaired) electrons. The molecule has 1 N–H and O–H groups in total. The highest BCUT2D eigenvalue weighted by molar-refractivity contribution is 5.08. The molecule has 0 aliphatic carbocycles. The molecule has 0 aromatic carbocycles. The van der Waals surface area contributed by atoms with Gasteiger partial charge in [-0.3, -0.25) is 0 Å². The topological polar surface area (TPSA) is 30.5 Å². The Labute approximate surface area is 47.3 Å². The molecule has 2 aliphatic rings. The summed E-state index contributed by atoms with van der Waals surface area (Å²) in [6.45, 7) is 1.30. The van der Waals surface area contributed by atoms with Gasteiger partial charge in [0.25, 0.3) is 0 Å². The monoisotopic (exact) mass is 113 g/mol. The SMILES string of the molecule is C1=C2OCOC2CN1. The summed E-state index contributed by atoms with van der Waals surface area (Å²) in [4.78, 5) is 0. The third-order valence-electron chi connectivity index (χ3n) is 1.36. The first-order valence-corrected chi connectivity index (χ1v) is 2.65. The normalized spacial score (nSPS) is 33.0. The summed E-state index contributed by atoms with van der Waals surface area (Å²) in [5.41, 5.74) is 0. The summed E-state index contributed by atoms with van der Waals surface area (Å²) >= 11 is 0. The lowest BCUT2D eigenvalue weighted by Crippen LogP contribution is -2.15. The van der Waals surface area contributed by atoms with Crippen LogP contribution in [0.1, 0.15) is 0 Å². The van der Waals surface area contributed by atoms with Gasteiger partial charge in [0, 0.05) is 12.7 Å².